The standard InChI is InChI=1S/C20H16Cl3NO/c21-16-8-7-15(19(23)11-16)13-25-17-9-5-14(6-10-17)12-24-20-4-2-1-3-18(20)22/h1-11,24H,12-13H2. The first-order chi connectivity index (χ1) is 12.1. The molecule has 3 rings (SSSR count). The number of benzene rings is 3. The summed E-state index contributed by atoms with van der Waals surface area (Å²) in [5.41, 5.74) is 2.95. The van der Waals surface area contributed by atoms with Gasteiger partial charge in [0.05, 0.1) is 10.7 Å². The van der Waals surface area contributed by atoms with E-state index in [1.165, 1.54) is 0 Å². The van der Waals surface area contributed by atoms with Crippen LogP contribution < -0.4 is 10.1 Å². The number of rotatable bonds is 6. The van der Waals surface area contributed by atoms with Crippen LogP contribution in [0.25, 0.3) is 0 Å². The second-order valence-corrected chi connectivity index (χ2v) is 6.75. The molecule has 0 saturated heterocycles. The molecule has 0 aliphatic heterocycles. The van der Waals surface area contributed by atoms with Crippen LogP contribution in [0.15, 0.2) is 66.7 Å². The zero-order chi connectivity index (χ0) is 17.6. The van der Waals surface area contributed by atoms with E-state index < -0.39 is 0 Å². The highest BCUT2D eigenvalue weighted by atomic mass is 35.5. The molecule has 0 bridgehead atoms. The number of para-hydroxylation sites is 1. The monoisotopic (exact) mass is 391 g/mol. The number of halogens is 3. The zero-order valence-electron chi connectivity index (χ0n) is 13.3. The Hall–Kier alpha value is -1.87. The van der Waals surface area contributed by atoms with Crippen molar-refractivity contribution in [2.24, 2.45) is 0 Å². The molecule has 0 saturated carbocycles. The maximum Gasteiger partial charge on any atom is 0.119 e. The van der Waals surface area contributed by atoms with Crippen LogP contribution in [-0.4, -0.2) is 0 Å². The van der Waals surface area contributed by atoms with Crippen molar-refractivity contribution in [2.75, 3.05) is 5.32 Å². The second-order valence-electron chi connectivity index (χ2n) is 5.50. The first-order valence-corrected chi connectivity index (χ1v) is 8.89. The van der Waals surface area contributed by atoms with Crippen molar-refractivity contribution in [3.63, 3.8) is 0 Å². The summed E-state index contributed by atoms with van der Waals surface area (Å²) >= 11 is 18.2. The Labute approximate surface area is 162 Å². The van der Waals surface area contributed by atoms with Gasteiger partial charge < -0.3 is 10.1 Å². The van der Waals surface area contributed by atoms with E-state index in [0.717, 1.165) is 22.6 Å². The molecule has 2 nitrogen and oxygen atoms in total. The second kappa shape index (κ2) is 8.48. The number of anilines is 1. The topological polar surface area (TPSA) is 21.3 Å². The highest BCUT2D eigenvalue weighted by Crippen LogP contribution is 2.24. The molecule has 0 aliphatic carbocycles. The van der Waals surface area contributed by atoms with Gasteiger partial charge in [-0.3, -0.25) is 0 Å². The molecular formula is C20H16Cl3NO. The summed E-state index contributed by atoms with van der Waals surface area (Å²) in [6, 6.07) is 21.0. The maximum atomic E-state index is 6.15. The minimum atomic E-state index is 0.396. The van der Waals surface area contributed by atoms with Gasteiger partial charge in [0, 0.05) is 22.2 Å². The van der Waals surface area contributed by atoms with Crippen LogP contribution in [0.5, 0.6) is 5.75 Å². The lowest BCUT2D eigenvalue weighted by Crippen LogP contribution is -2.00. The van der Waals surface area contributed by atoms with E-state index in [0.29, 0.717) is 28.2 Å². The largest absolute Gasteiger partial charge is 0.489 e. The summed E-state index contributed by atoms with van der Waals surface area (Å²) in [7, 11) is 0. The molecule has 0 aromatic heterocycles. The van der Waals surface area contributed by atoms with E-state index in [4.69, 9.17) is 39.5 Å². The van der Waals surface area contributed by atoms with E-state index in [-0.39, 0.29) is 0 Å². The van der Waals surface area contributed by atoms with Crippen molar-refractivity contribution in [1.82, 2.24) is 0 Å². The third kappa shape index (κ3) is 5.05. The van der Waals surface area contributed by atoms with E-state index >= 15 is 0 Å². The fourth-order valence-electron chi connectivity index (χ4n) is 2.31. The molecule has 25 heavy (non-hydrogen) atoms. The van der Waals surface area contributed by atoms with Crippen LogP contribution in [0.3, 0.4) is 0 Å². The van der Waals surface area contributed by atoms with Crippen molar-refractivity contribution in [2.45, 2.75) is 13.2 Å². The number of hydrogen-bond donors (Lipinski definition) is 1. The molecule has 0 fully saturated rings. The summed E-state index contributed by atoms with van der Waals surface area (Å²) in [5, 5.41) is 5.25. The molecule has 128 valence electrons. The summed E-state index contributed by atoms with van der Waals surface area (Å²) in [6.45, 7) is 1.08. The predicted molar refractivity (Wildman–Crippen MR) is 106 cm³/mol. The van der Waals surface area contributed by atoms with Crippen LogP contribution >= 0.6 is 34.8 Å². The van der Waals surface area contributed by atoms with Crippen molar-refractivity contribution >= 4 is 40.5 Å². The molecule has 0 radical (unpaired) electrons. The highest BCUT2D eigenvalue weighted by molar-refractivity contribution is 6.35. The summed E-state index contributed by atoms with van der Waals surface area (Å²) in [6.07, 6.45) is 0. The summed E-state index contributed by atoms with van der Waals surface area (Å²) < 4.78 is 5.78. The third-order valence-electron chi connectivity index (χ3n) is 3.69. The SMILES string of the molecule is Clc1ccc(COc2ccc(CNc3ccccc3Cl)cc2)c(Cl)c1. The Balaban J connectivity index is 1.56. The molecule has 3 aromatic carbocycles. The van der Waals surface area contributed by atoms with Gasteiger partial charge in [-0.1, -0.05) is 65.1 Å². The van der Waals surface area contributed by atoms with Crippen LogP contribution in [0.2, 0.25) is 15.1 Å². The van der Waals surface area contributed by atoms with Gasteiger partial charge >= 0.3 is 0 Å². The first kappa shape index (κ1) is 17.9. The average Bonchev–Trinajstić information content (AvgIpc) is 2.61. The van der Waals surface area contributed by atoms with Crippen molar-refractivity contribution in [1.29, 1.82) is 0 Å². The Kier molecular flexibility index (Phi) is 6.09. The van der Waals surface area contributed by atoms with Crippen LogP contribution in [-0.2, 0) is 13.2 Å². The van der Waals surface area contributed by atoms with Crippen molar-refractivity contribution < 1.29 is 4.74 Å². The molecule has 0 unspecified atom stereocenters. The normalized spacial score (nSPS) is 10.5. The van der Waals surface area contributed by atoms with Gasteiger partial charge in [0.2, 0.25) is 0 Å². The molecule has 1 N–H and O–H groups in total. The Bertz CT molecular complexity index is 850. The maximum absolute atomic E-state index is 6.15. The lowest BCUT2D eigenvalue weighted by molar-refractivity contribution is 0.306. The highest BCUT2D eigenvalue weighted by Gasteiger charge is 2.03. The Morgan fingerprint density at radius 1 is 0.800 bits per heavy atom. The Morgan fingerprint density at radius 2 is 1.56 bits per heavy atom. The molecule has 0 spiro atoms. The third-order valence-corrected chi connectivity index (χ3v) is 4.61. The molecule has 0 aliphatic rings. The molecule has 0 amide bonds. The summed E-state index contributed by atoms with van der Waals surface area (Å²) in [4.78, 5) is 0. The average molecular weight is 393 g/mol. The fourth-order valence-corrected chi connectivity index (χ4v) is 2.97. The van der Waals surface area contributed by atoms with Gasteiger partial charge in [0.15, 0.2) is 0 Å². The van der Waals surface area contributed by atoms with E-state index in [2.05, 4.69) is 5.32 Å². The first-order valence-electron chi connectivity index (χ1n) is 7.76. The lowest BCUT2D eigenvalue weighted by Gasteiger charge is -2.10. The van der Waals surface area contributed by atoms with Crippen LogP contribution in [0.1, 0.15) is 11.1 Å². The predicted octanol–water partition coefficient (Wildman–Crippen LogP) is 6.84. The fraction of sp³-hybridized carbons (Fsp3) is 0.100. The molecule has 0 atom stereocenters. The van der Waals surface area contributed by atoms with Crippen molar-refractivity contribution in [3.8, 4) is 5.75 Å². The van der Waals surface area contributed by atoms with Gasteiger partial charge in [0.25, 0.3) is 0 Å². The zero-order valence-corrected chi connectivity index (χ0v) is 15.6. The minimum absolute atomic E-state index is 0.396. The van der Waals surface area contributed by atoms with Gasteiger partial charge in [-0.05, 0) is 42.0 Å². The summed E-state index contributed by atoms with van der Waals surface area (Å²) in [5.74, 6) is 0.785. The molecule has 5 heteroatoms. The van der Waals surface area contributed by atoms with Gasteiger partial charge in [0.1, 0.15) is 12.4 Å². The van der Waals surface area contributed by atoms with E-state index in [1.807, 2.05) is 54.6 Å². The van der Waals surface area contributed by atoms with Gasteiger partial charge in [-0.15, -0.1) is 0 Å². The number of ether oxygens (including phenoxy) is 1. The molecular weight excluding hydrogens is 377 g/mol. The molecule has 0 heterocycles. The number of nitrogens with one attached hydrogen (secondary N) is 1. The van der Waals surface area contributed by atoms with Crippen LogP contribution in [0.4, 0.5) is 5.69 Å². The quantitative estimate of drug-likeness (QED) is 0.496. The Morgan fingerprint density at radius 3 is 2.28 bits per heavy atom. The number of hydrogen-bond acceptors (Lipinski definition) is 2. The van der Waals surface area contributed by atoms with Gasteiger partial charge in [-0.2, -0.15) is 0 Å². The van der Waals surface area contributed by atoms with Crippen molar-refractivity contribution in [3.05, 3.63) is 92.9 Å². The minimum Gasteiger partial charge on any atom is -0.489 e. The van der Waals surface area contributed by atoms with E-state index in [9.17, 15) is 0 Å². The van der Waals surface area contributed by atoms with Gasteiger partial charge in [-0.25, -0.2) is 0 Å². The lowest BCUT2D eigenvalue weighted by atomic mass is 10.2. The van der Waals surface area contributed by atoms with E-state index in [1.54, 1.807) is 12.1 Å². The molecule has 3 aromatic rings. The van der Waals surface area contributed by atoms with Crippen LogP contribution in [0, 0.1) is 0 Å². The smallest absolute Gasteiger partial charge is 0.119 e.